The lowest BCUT2D eigenvalue weighted by Gasteiger charge is -2.29. The van der Waals surface area contributed by atoms with Crippen molar-refractivity contribution in [2.24, 2.45) is 0 Å². The summed E-state index contributed by atoms with van der Waals surface area (Å²) in [6.07, 6.45) is 0. The Balaban J connectivity index is 1.28. The maximum absolute atomic E-state index is 2.47. The van der Waals surface area contributed by atoms with E-state index in [-0.39, 0.29) is 0 Å². The molecule has 0 saturated carbocycles. The average molecular weight is 674 g/mol. The van der Waals surface area contributed by atoms with Gasteiger partial charge >= 0.3 is 0 Å². The van der Waals surface area contributed by atoms with Gasteiger partial charge in [0.05, 0.1) is 5.69 Å². The molecule has 0 bridgehead atoms. The SMILES string of the molecule is c1ccc(-c2cc(-c3ccccc3)cc(N(c3ccc4c5ccccc5c5ccccc5c4c3)c3ccccc3-c3ccc4ccccc4c3)c2)cc1. The quantitative estimate of drug-likeness (QED) is 0.159. The summed E-state index contributed by atoms with van der Waals surface area (Å²) in [5, 5.41) is 10.1. The smallest absolute Gasteiger partial charge is 0.0540 e. The van der Waals surface area contributed by atoms with Gasteiger partial charge in [-0.3, -0.25) is 0 Å². The first-order chi connectivity index (χ1) is 26.3. The minimum absolute atomic E-state index is 1.10. The molecule has 0 aliphatic carbocycles. The molecular formula is C52H35N. The number of hydrogen-bond acceptors (Lipinski definition) is 1. The summed E-state index contributed by atoms with van der Waals surface area (Å²) in [7, 11) is 0. The van der Waals surface area contributed by atoms with Crippen LogP contribution in [0.3, 0.4) is 0 Å². The highest BCUT2D eigenvalue weighted by molar-refractivity contribution is 6.25. The third-order valence-corrected chi connectivity index (χ3v) is 10.6. The Hall–Kier alpha value is -6.96. The van der Waals surface area contributed by atoms with Crippen LogP contribution in [0.15, 0.2) is 212 Å². The molecule has 10 aromatic carbocycles. The summed E-state index contributed by atoms with van der Waals surface area (Å²) in [6.45, 7) is 0. The van der Waals surface area contributed by atoms with Gasteiger partial charge in [0.15, 0.2) is 0 Å². The standard InChI is InChI=1S/C52H35N/c1-3-15-36(16-4-1)41-32-42(37-17-5-2-6-18-37)34-44(33-41)53(52-26-14-13-21-45(52)40-28-27-38-19-7-8-20-39(38)31-40)43-29-30-50-48-24-10-9-22-46(48)47-23-11-12-25-49(47)51(50)35-43/h1-35H. The summed E-state index contributed by atoms with van der Waals surface area (Å²) in [5.41, 5.74) is 10.4. The number of fused-ring (bicyclic) bond motifs is 7. The fraction of sp³-hybridized carbons (Fsp3) is 0. The van der Waals surface area contributed by atoms with E-state index in [1.807, 2.05) is 0 Å². The predicted octanol–water partition coefficient (Wildman–Crippen LogP) is 14.8. The van der Waals surface area contributed by atoms with Gasteiger partial charge in [-0.05, 0) is 113 Å². The van der Waals surface area contributed by atoms with Crippen molar-refractivity contribution in [2.75, 3.05) is 4.90 Å². The van der Waals surface area contributed by atoms with E-state index in [1.165, 1.54) is 76.5 Å². The second-order valence-electron chi connectivity index (χ2n) is 13.7. The molecule has 0 saturated heterocycles. The first kappa shape index (κ1) is 30.8. The highest BCUT2D eigenvalue weighted by Gasteiger charge is 2.21. The van der Waals surface area contributed by atoms with Gasteiger partial charge in [-0.2, -0.15) is 0 Å². The monoisotopic (exact) mass is 673 g/mol. The van der Waals surface area contributed by atoms with E-state index in [9.17, 15) is 0 Å². The molecular weight excluding hydrogens is 639 g/mol. The highest BCUT2D eigenvalue weighted by atomic mass is 15.1. The molecule has 0 N–H and O–H groups in total. The normalized spacial score (nSPS) is 11.4. The zero-order valence-electron chi connectivity index (χ0n) is 29.2. The maximum atomic E-state index is 2.47. The highest BCUT2D eigenvalue weighted by Crippen LogP contribution is 2.46. The van der Waals surface area contributed by atoms with Crippen LogP contribution < -0.4 is 4.90 Å². The molecule has 0 fully saturated rings. The van der Waals surface area contributed by atoms with E-state index in [4.69, 9.17) is 0 Å². The van der Waals surface area contributed by atoms with E-state index in [0.29, 0.717) is 0 Å². The van der Waals surface area contributed by atoms with Crippen LogP contribution in [-0.4, -0.2) is 0 Å². The molecule has 0 amide bonds. The number of anilines is 3. The van der Waals surface area contributed by atoms with Crippen LogP contribution in [0.1, 0.15) is 0 Å². The number of para-hydroxylation sites is 1. The lowest BCUT2D eigenvalue weighted by molar-refractivity contribution is 1.29. The van der Waals surface area contributed by atoms with Crippen LogP contribution in [0.5, 0.6) is 0 Å². The van der Waals surface area contributed by atoms with Crippen molar-refractivity contribution >= 4 is 60.2 Å². The molecule has 1 heteroatoms. The summed E-state index contributed by atoms with van der Waals surface area (Å²) in [5.74, 6) is 0. The lowest BCUT2D eigenvalue weighted by Crippen LogP contribution is -2.11. The minimum atomic E-state index is 1.10. The maximum Gasteiger partial charge on any atom is 0.0540 e. The van der Waals surface area contributed by atoms with Crippen molar-refractivity contribution in [1.82, 2.24) is 0 Å². The van der Waals surface area contributed by atoms with Gasteiger partial charge < -0.3 is 4.90 Å². The molecule has 10 aromatic rings. The number of nitrogens with zero attached hydrogens (tertiary/aromatic N) is 1. The molecule has 0 radical (unpaired) electrons. The summed E-state index contributed by atoms with van der Waals surface area (Å²) in [6, 6.07) is 77.4. The largest absolute Gasteiger partial charge is 0.310 e. The van der Waals surface area contributed by atoms with Gasteiger partial charge in [0.1, 0.15) is 0 Å². The van der Waals surface area contributed by atoms with Gasteiger partial charge in [-0.25, -0.2) is 0 Å². The summed E-state index contributed by atoms with van der Waals surface area (Å²) in [4.78, 5) is 2.47. The fourth-order valence-electron chi connectivity index (χ4n) is 8.07. The third-order valence-electron chi connectivity index (χ3n) is 10.6. The predicted molar refractivity (Wildman–Crippen MR) is 227 cm³/mol. The molecule has 53 heavy (non-hydrogen) atoms. The molecule has 0 atom stereocenters. The Morgan fingerprint density at radius 2 is 0.755 bits per heavy atom. The molecule has 0 heterocycles. The van der Waals surface area contributed by atoms with Crippen LogP contribution in [0.2, 0.25) is 0 Å². The van der Waals surface area contributed by atoms with Crippen LogP contribution in [0.25, 0.3) is 76.5 Å². The van der Waals surface area contributed by atoms with Crippen molar-refractivity contribution in [3.05, 3.63) is 212 Å². The Labute approximate surface area is 309 Å². The first-order valence-electron chi connectivity index (χ1n) is 18.3. The molecule has 1 nitrogen and oxygen atoms in total. The van der Waals surface area contributed by atoms with Gasteiger partial charge in [0.25, 0.3) is 0 Å². The van der Waals surface area contributed by atoms with Crippen molar-refractivity contribution in [1.29, 1.82) is 0 Å². The molecule has 0 aliphatic rings. The van der Waals surface area contributed by atoms with Gasteiger partial charge in [0.2, 0.25) is 0 Å². The molecule has 248 valence electrons. The molecule has 0 unspecified atom stereocenters. The van der Waals surface area contributed by atoms with Crippen molar-refractivity contribution < 1.29 is 0 Å². The molecule has 0 aromatic heterocycles. The third kappa shape index (κ3) is 5.51. The molecule has 0 aliphatic heterocycles. The number of hydrogen-bond donors (Lipinski definition) is 0. The van der Waals surface area contributed by atoms with E-state index in [0.717, 1.165) is 17.1 Å². The Kier molecular flexibility index (Phi) is 7.55. The topological polar surface area (TPSA) is 3.24 Å². The Morgan fingerprint density at radius 3 is 1.40 bits per heavy atom. The lowest BCUT2D eigenvalue weighted by atomic mass is 9.93. The Morgan fingerprint density at radius 1 is 0.245 bits per heavy atom. The minimum Gasteiger partial charge on any atom is -0.310 e. The summed E-state index contributed by atoms with van der Waals surface area (Å²) < 4.78 is 0. The number of rotatable bonds is 6. The van der Waals surface area contributed by atoms with Gasteiger partial charge in [0, 0.05) is 16.9 Å². The Bertz CT molecular complexity index is 2850. The van der Waals surface area contributed by atoms with Crippen molar-refractivity contribution in [2.45, 2.75) is 0 Å². The van der Waals surface area contributed by atoms with Crippen LogP contribution in [-0.2, 0) is 0 Å². The summed E-state index contributed by atoms with van der Waals surface area (Å²) >= 11 is 0. The van der Waals surface area contributed by atoms with Crippen LogP contribution >= 0.6 is 0 Å². The second kappa shape index (κ2) is 13.0. The van der Waals surface area contributed by atoms with Gasteiger partial charge in [-0.15, -0.1) is 0 Å². The van der Waals surface area contributed by atoms with Crippen LogP contribution in [0.4, 0.5) is 17.1 Å². The van der Waals surface area contributed by atoms with Gasteiger partial charge in [-0.1, -0.05) is 170 Å². The van der Waals surface area contributed by atoms with E-state index < -0.39 is 0 Å². The van der Waals surface area contributed by atoms with Crippen molar-refractivity contribution in [3.8, 4) is 33.4 Å². The number of benzene rings is 10. The molecule has 0 spiro atoms. The zero-order valence-corrected chi connectivity index (χ0v) is 29.2. The second-order valence-corrected chi connectivity index (χ2v) is 13.7. The van der Waals surface area contributed by atoms with E-state index >= 15 is 0 Å². The molecule has 10 rings (SSSR count). The van der Waals surface area contributed by atoms with Crippen molar-refractivity contribution in [3.63, 3.8) is 0 Å². The first-order valence-corrected chi connectivity index (χ1v) is 18.3. The zero-order chi connectivity index (χ0) is 35.1. The van der Waals surface area contributed by atoms with E-state index in [1.54, 1.807) is 0 Å². The van der Waals surface area contributed by atoms with E-state index in [2.05, 4.69) is 217 Å². The average Bonchev–Trinajstić information content (AvgIpc) is 3.24. The van der Waals surface area contributed by atoms with Crippen LogP contribution in [0, 0.1) is 0 Å². The fourth-order valence-corrected chi connectivity index (χ4v) is 8.07.